The Hall–Kier alpha value is -2.97. The molecule has 9 heteroatoms. The number of H-pyrrole nitrogens is 1. The molecule has 2 N–H and O–H groups in total. The van der Waals surface area contributed by atoms with Gasteiger partial charge >= 0.3 is 0 Å². The van der Waals surface area contributed by atoms with Crippen molar-refractivity contribution in [2.75, 3.05) is 13.1 Å². The number of hydrogen-bond acceptors (Lipinski definition) is 4. The monoisotopic (exact) mass is 468 g/mol. The lowest BCUT2D eigenvalue weighted by Crippen LogP contribution is -2.61. The van der Waals surface area contributed by atoms with Gasteiger partial charge in [0.25, 0.3) is 11.5 Å². The highest BCUT2D eigenvalue weighted by atomic mass is 35.5. The average molecular weight is 469 g/mol. The number of benzene rings is 2. The van der Waals surface area contributed by atoms with Gasteiger partial charge < -0.3 is 15.2 Å². The Morgan fingerprint density at radius 2 is 1.91 bits per heavy atom. The molecule has 0 bridgehead atoms. The van der Waals surface area contributed by atoms with Crippen LogP contribution in [0.1, 0.15) is 28.8 Å². The minimum absolute atomic E-state index is 0.0528. The van der Waals surface area contributed by atoms with E-state index in [0.29, 0.717) is 34.6 Å². The molecule has 7 nitrogen and oxygen atoms in total. The maximum Gasteiger partial charge on any atom is 0.262 e. The number of nitrogens with one attached hydrogen (secondary N) is 2. The number of fused-ring (bicyclic) bond motifs is 1. The SMILES string of the molecule is O=C(NC1CN(C(=O)C2CC2)C1)c1ccc2c(=O)n(Cc3ccccc3Cl)c(=S)[nH]c2c1. The van der Waals surface area contributed by atoms with Crippen LogP contribution >= 0.6 is 23.8 Å². The molecular weight excluding hydrogens is 448 g/mol. The van der Waals surface area contributed by atoms with E-state index in [1.54, 1.807) is 29.2 Å². The quantitative estimate of drug-likeness (QED) is 0.563. The molecule has 1 aromatic heterocycles. The fraction of sp³-hybridized carbons (Fsp3) is 0.304. The van der Waals surface area contributed by atoms with Gasteiger partial charge in [0.15, 0.2) is 4.77 Å². The fourth-order valence-electron chi connectivity index (χ4n) is 3.94. The van der Waals surface area contributed by atoms with E-state index in [9.17, 15) is 14.4 Å². The molecule has 2 amide bonds. The molecule has 0 unspecified atom stereocenters. The van der Waals surface area contributed by atoms with Crippen LogP contribution < -0.4 is 10.9 Å². The minimum Gasteiger partial charge on any atom is -0.346 e. The van der Waals surface area contributed by atoms with Crippen molar-refractivity contribution in [3.05, 3.63) is 73.7 Å². The van der Waals surface area contributed by atoms with Crippen molar-refractivity contribution in [1.82, 2.24) is 19.8 Å². The van der Waals surface area contributed by atoms with Gasteiger partial charge in [0, 0.05) is 29.6 Å². The summed E-state index contributed by atoms with van der Waals surface area (Å²) >= 11 is 11.6. The van der Waals surface area contributed by atoms with Gasteiger partial charge in [-0.1, -0.05) is 29.8 Å². The highest BCUT2D eigenvalue weighted by molar-refractivity contribution is 7.71. The first-order valence-electron chi connectivity index (χ1n) is 10.5. The first kappa shape index (κ1) is 20.9. The Kier molecular flexibility index (Phi) is 5.35. The van der Waals surface area contributed by atoms with Crippen LogP contribution in [0.5, 0.6) is 0 Å². The number of carbonyl (C=O) groups is 2. The summed E-state index contributed by atoms with van der Waals surface area (Å²) in [7, 11) is 0. The van der Waals surface area contributed by atoms with Crippen molar-refractivity contribution >= 4 is 46.5 Å². The molecule has 164 valence electrons. The van der Waals surface area contributed by atoms with E-state index in [-0.39, 0.29) is 40.6 Å². The first-order valence-corrected chi connectivity index (χ1v) is 11.3. The smallest absolute Gasteiger partial charge is 0.262 e. The summed E-state index contributed by atoms with van der Waals surface area (Å²) in [5.41, 5.74) is 1.48. The summed E-state index contributed by atoms with van der Waals surface area (Å²) in [6.07, 6.45) is 1.95. The average Bonchev–Trinajstić information content (AvgIpc) is 3.59. The molecule has 5 rings (SSSR count). The minimum atomic E-state index is -0.246. The molecule has 0 atom stereocenters. The second-order valence-electron chi connectivity index (χ2n) is 8.36. The van der Waals surface area contributed by atoms with Gasteiger partial charge in [0.05, 0.1) is 23.5 Å². The van der Waals surface area contributed by atoms with Crippen LogP contribution in [0.25, 0.3) is 10.9 Å². The van der Waals surface area contributed by atoms with Crippen LogP contribution in [0.15, 0.2) is 47.3 Å². The predicted octanol–water partition coefficient (Wildman–Crippen LogP) is 3.11. The Balaban J connectivity index is 1.33. The van der Waals surface area contributed by atoms with Gasteiger partial charge in [-0.25, -0.2) is 0 Å². The molecule has 2 aliphatic rings. The van der Waals surface area contributed by atoms with Gasteiger partial charge in [-0.3, -0.25) is 19.0 Å². The van der Waals surface area contributed by atoms with E-state index in [4.69, 9.17) is 23.8 Å². The molecule has 0 spiro atoms. The molecule has 3 aromatic rings. The summed E-state index contributed by atoms with van der Waals surface area (Å²) < 4.78 is 1.71. The molecule has 1 saturated heterocycles. The predicted molar refractivity (Wildman–Crippen MR) is 125 cm³/mol. The highest BCUT2D eigenvalue weighted by Gasteiger charge is 2.39. The van der Waals surface area contributed by atoms with Crippen molar-refractivity contribution < 1.29 is 9.59 Å². The fourth-order valence-corrected chi connectivity index (χ4v) is 4.40. The highest BCUT2D eigenvalue weighted by Crippen LogP contribution is 2.32. The van der Waals surface area contributed by atoms with Gasteiger partial charge in [-0.05, 0) is 54.9 Å². The molecule has 0 radical (unpaired) electrons. The van der Waals surface area contributed by atoms with E-state index in [2.05, 4.69) is 10.3 Å². The van der Waals surface area contributed by atoms with E-state index >= 15 is 0 Å². The maximum atomic E-state index is 13.0. The van der Waals surface area contributed by atoms with Crippen molar-refractivity contribution in [2.45, 2.75) is 25.4 Å². The molecule has 2 aromatic carbocycles. The Labute approximate surface area is 194 Å². The zero-order chi connectivity index (χ0) is 22.4. The van der Waals surface area contributed by atoms with Crippen molar-refractivity contribution in [1.29, 1.82) is 0 Å². The Bertz CT molecular complexity index is 1360. The van der Waals surface area contributed by atoms with Gasteiger partial charge in [-0.2, -0.15) is 0 Å². The third-order valence-corrected chi connectivity index (χ3v) is 6.68. The summed E-state index contributed by atoms with van der Waals surface area (Å²) in [5, 5.41) is 3.95. The van der Waals surface area contributed by atoms with Gasteiger partial charge in [0.2, 0.25) is 5.91 Å². The van der Waals surface area contributed by atoms with Crippen molar-refractivity contribution in [3.63, 3.8) is 0 Å². The summed E-state index contributed by atoms with van der Waals surface area (Å²) in [4.78, 5) is 42.6. The normalized spacial score (nSPS) is 16.1. The number of aromatic amines is 1. The third-order valence-electron chi connectivity index (χ3n) is 5.99. The van der Waals surface area contributed by atoms with Crippen LogP contribution in [-0.4, -0.2) is 45.4 Å². The number of rotatable bonds is 5. The number of amides is 2. The van der Waals surface area contributed by atoms with E-state index in [1.165, 1.54) is 4.57 Å². The summed E-state index contributed by atoms with van der Waals surface area (Å²) in [6.45, 7) is 1.34. The van der Waals surface area contributed by atoms with Crippen molar-refractivity contribution in [3.8, 4) is 0 Å². The van der Waals surface area contributed by atoms with Gasteiger partial charge in [-0.15, -0.1) is 0 Å². The Morgan fingerprint density at radius 1 is 1.16 bits per heavy atom. The van der Waals surface area contributed by atoms with Crippen LogP contribution in [0, 0.1) is 10.7 Å². The molecule has 1 aliphatic heterocycles. The molecule has 2 heterocycles. The molecule has 32 heavy (non-hydrogen) atoms. The van der Waals surface area contributed by atoms with E-state index in [1.807, 2.05) is 18.2 Å². The number of hydrogen-bond donors (Lipinski definition) is 2. The first-order chi connectivity index (χ1) is 15.4. The lowest BCUT2D eigenvalue weighted by Gasteiger charge is -2.39. The lowest BCUT2D eigenvalue weighted by molar-refractivity contribution is -0.137. The van der Waals surface area contributed by atoms with Crippen LogP contribution in [-0.2, 0) is 11.3 Å². The summed E-state index contributed by atoms with van der Waals surface area (Å²) in [5.74, 6) is 0.147. The molecule has 1 saturated carbocycles. The number of carbonyl (C=O) groups excluding carboxylic acids is 2. The maximum absolute atomic E-state index is 13.0. The number of nitrogens with zero attached hydrogens (tertiary/aromatic N) is 2. The standard InChI is InChI=1S/C23H21ClN4O3S/c24-18-4-2-1-3-15(18)10-28-22(31)17-8-7-14(9-19(17)26-23(28)32)20(29)25-16-11-27(12-16)21(30)13-5-6-13/h1-4,7-9,13,16H,5-6,10-12H2,(H,25,29)(H,26,32). The van der Waals surface area contributed by atoms with Crippen LogP contribution in [0.4, 0.5) is 0 Å². The van der Waals surface area contributed by atoms with Gasteiger partial charge in [0.1, 0.15) is 0 Å². The molecule has 1 aliphatic carbocycles. The zero-order valence-electron chi connectivity index (χ0n) is 17.1. The Morgan fingerprint density at radius 3 is 2.62 bits per heavy atom. The van der Waals surface area contributed by atoms with Crippen LogP contribution in [0.2, 0.25) is 5.02 Å². The van der Waals surface area contributed by atoms with E-state index in [0.717, 1.165) is 18.4 Å². The topological polar surface area (TPSA) is 87.2 Å². The largest absolute Gasteiger partial charge is 0.346 e. The number of likely N-dealkylation sites (tertiary alicyclic amines) is 1. The zero-order valence-corrected chi connectivity index (χ0v) is 18.7. The molecule has 2 fully saturated rings. The van der Waals surface area contributed by atoms with Crippen molar-refractivity contribution in [2.24, 2.45) is 5.92 Å². The number of halogens is 1. The third kappa shape index (κ3) is 3.96. The summed E-state index contributed by atoms with van der Waals surface area (Å²) in [6, 6.07) is 12.1. The van der Waals surface area contributed by atoms with E-state index < -0.39 is 0 Å². The lowest BCUT2D eigenvalue weighted by atomic mass is 10.1. The second-order valence-corrected chi connectivity index (χ2v) is 9.16. The van der Waals surface area contributed by atoms with Crippen LogP contribution in [0.3, 0.4) is 0 Å². The molecular formula is C23H21ClN4O3S. The number of aromatic nitrogens is 2. The second kappa shape index (κ2) is 8.18.